The zero-order valence-electron chi connectivity index (χ0n) is 18.8. The first kappa shape index (κ1) is 25.7. The number of anilines is 1. The Morgan fingerprint density at radius 2 is 1.85 bits per heavy atom. The third-order valence-electron chi connectivity index (χ3n) is 4.53. The minimum absolute atomic E-state index is 0.0909. The highest BCUT2D eigenvalue weighted by Gasteiger charge is 2.30. The molecule has 8 nitrogen and oxygen atoms in total. The molecule has 0 heterocycles. The SMILES string of the molecule is C#CCOc1c(Br)cc(C=NNC(=O)C(C(=O)Nc2ccc(OC)cc2)C(C)C)cc1OC. The summed E-state index contributed by atoms with van der Waals surface area (Å²) in [7, 11) is 3.06. The molecule has 0 saturated heterocycles. The van der Waals surface area contributed by atoms with Crippen molar-refractivity contribution in [3.8, 4) is 29.6 Å². The van der Waals surface area contributed by atoms with E-state index in [0.29, 0.717) is 33.0 Å². The van der Waals surface area contributed by atoms with Crippen molar-refractivity contribution in [1.29, 1.82) is 0 Å². The number of terminal acetylenes is 1. The maximum Gasteiger partial charge on any atom is 0.252 e. The van der Waals surface area contributed by atoms with Gasteiger partial charge in [0.2, 0.25) is 5.91 Å². The van der Waals surface area contributed by atoms with Gasteiger partial charge in [-0.1, -0.05) is 19.8 Å². The molecule has 2 aromatic rings. The number of nitrogens with zero attached hydrogens (tertiary/aromatic N) is 1. The van der Waals surface area contributed by atoms with Crippen molar-refractivity contribution in [1.82, 2.24) is 5.43 Å². The summed E-state index contributed by atoms with van der Waals surface area (Å²) in [6.07, 6.45) is 6.68. The minimum atomic E-state index is -0.940. The number of carbonyl (C=O) groups excluding carboxylic acids is 2. The summed E-state index contributed by atoms with van der Waals surface area (Å²) in [5.74, 6) is 1.84. The van der Waals surface area contributed by atoms with Gasteiger partial charge in [0, 0.05) is 5.69 Å². The highest BCUT2D eigenvalue weighted by atomic mass is 79.9. The Bertz CT molecular complexity index is 1050. The second-order valence-electron chi connectivity index (χ2n) is 7.20. The topological polar surface area (TPSA) is 98.2 Å². The Labute approximate surface area is 201 Å². The smallest absolute Gasteiger partial charge is 0.252 e. The van der Waals surface area contributed by atoms with Crippen LogP contribution in [0.25, 0.3) is 0 Å². The molecule has 0 fully saturated rings. The normalized spacial score (nSPS) is 11.5. The summed E-state index contributed by atoms with van der Waals surface area (Å²) in [5, 5.41) is 6.75. The molecule has 2 amide bonds. The van der Waals surface area contributed by atoms with Crippen LogP contribution in [0.5, 0.6) is 17.2 Å². The van der Waals surface area contributed by atoms with Crippen molar-refractivity contribution >= 4 is 39.6 Å². The van der Waals surface area contributed by atoms with Gasteiger partial charge in [0.1, 0.15) is 18.3 Å². The van der Waals surface area contributed by atoms with E-state index in [9.17, 15) is 9.59 Å². The second-order valence-corrected chi connectivity index (χ2v) is 8.05. The van der Waals surface area contributed by atoms with Gasteiger partial charge in [0.15, 0.2) is 11.5 Å². The summed E-state index contributed by atoms with van der Waals surface area (Å²) in [6.45, 7) is 3.67. The van der Waals surface area contributed by atoms with Gasteiger partial charge in [-0.05, 0) is 63.8 Å². The molecule has 0 aliphatic heterocycles. The summed E-state index contributed by atoms with van der Waals surface area (Å²) in [4.78, 5) is 25.4. The van der Waals surface area contributed by atoms with Gasteiger partial charge in [0.25, 0.3) is 5.91 Å². The molecule has 1 unspecified atom stereocenters. The van der Waals surface area contributed by atoms with E-state index in [-0.39, 0.29) is 12.5 Å². The average molecular weight is 516 g/mol. The molecule has 174 valence electrons. The van der Waals surface area contributed by atoms with Crippen LogP contribution >= 0.6 is 15.9 Å². The number of benzene rings is 2. The van der Waals surface area contributed by atoms with Crippen molar-refractivity contribution in [3.63, 3.8) is 0 Å². The molecule has 0 bridgehead atoms. The van der Waals surface area contributed by atoms with Crippen LogP contribution in [0.15, 0.2) is 46.0 Å². The van der Waals surface area contributed by atoms with Crippen LogP contribution in [0.4, 0.5) is 5.69 Å². The fourth-order valence-corrected chi connectivity index (χ4v) is 3.50. The number of halogens is 1. The van der Waals surface area contributed by atoms with E-state index in [0.717, 1.165) is 0 Å². The Hall–Kier alpha value is -3.51. The molecule has 0 radical (unpaired) electrons. The Morgan fingerprint density at radius 1 is 1.15 bits per heavy atom. The molecular weight excluding hydrogens is 490 g/mol. The molecule has 0 aliphatic rings. The lowest BCUT2D eigenvalue weighted by Crippen LogP contribution is -2.39. The maximum atomic E-state index is 12.7. The predicted molar refractivity (Wildman–Crippen MR) is 131 cm³/mol. The van der Waals surface area contributed by atoms with Crippen molar-refractivity contribution in [3.05, 3.63) is 46.4 Å². The van der Waals surface area contributed by atoms with Gasteiger partial charge in [0.05, 0.1) is 24.9 Å². The predicted octanol–water partition coefficient (Wildman–Crippen LogP) is 3.84. The molecule has 2 aromatic carbocycles. The van der Waals surface area contributed by atoms with Crippen LogP contribution in [0.1, 0.15) is 19.4 Å². The lowest BCUT2D eigenvalue weighted by atomic mass is 9.94. The van der Waals surface area contributed by atoms with Crippen LogP contribution in [0.3, 0.4) is 0 Å². The number of nitrogens with one attached hydrogen (secondary N) is 2. The van der Waals surface area contributed by atoms with E-state index in [1.54, 1.807) is 57.4 Å². The largest absolute Gasteiger partial charge is 0.497 e. The van der Waals surface area contributed by atoms with Gasteiger partial charge >= 0.3 is 0 Å². The number of hydrogen-bond acceptors (Lipinski definition) is 6. The summed E-state index contributed by atoms with van der Waals surface area (Å²) < 4.78 is 16.5. The van der Waals surface area contributed by atoms with Crippen LogP contribution in [-0.2, 0) is 9.59 Å². The number of amides is 2. The molecule has 0 aliphatic carbocycles. The van der Waals surface area contributed by atoms with Gasteiger partial charge in [-0.25, -0.2) is 5.43 Å². The van der Waals surface area contributed by atoms with Gasteiger partial charge < -0.3 is 19.5 Å². The van der Waals surface area contributed by atoms with Gasteiger partial charge in [-0.15, -0.1) is 6.42 Å². The van der Waals surface area contributed by atoms with E-state index >= 15 is 0 Å². The lowest BCUT2D eigenvalue weighted by Gasteiger charge is -2.18. The molecule has 33 heavy (non-hydrogen) atoms. The van der Waals surface area contributed by atoms with Gasteiger partial charge in [-0.3, -0.25) is 9.59 Å². The third kappa shape index (κ3) is 7.26. The van der Waals surface area contributed by atoms with Crippen LogP contribution in [0.2, 0.25) is 0 Å². The highest BCUT2D eigenvalue weighted by molar-refractivity contribution is 9.10. The van der Waals surface area contributed by atoms with E-state index < -0.39 is 17.7 Å². The Morgan fingerprint density at radius 3 is 2.42 bits per heavy atom. The minimum Gasteiger partial charge on any atom is -0.497 e. The molecular formula is C24H26BrN3O5. The van der Waals surface area contributed by atoms with Crippen molar-refractivity contribution in [2.24, 2.45) is 16.9 Å². The van der Waals surface area contributed by atoms with Crippen LogP contribution in [0, 0.1) is 24.2 Å². The monoisotopic (exact) mass is 515 g/mol. The lowest BCUT2D eigenvalue weighted by molar-refractivity contribution is -0.134. The zero-order valence-corrected chi connectivity index (χ0v) is 20.4. The maximum absolute atomic E-state index is 12.7. The number of hydrogen-bond donors (Lipinski definition) is 2. The summed E-state index contributed by atoms with van der Waals surface area (Å²) >= 11 is 3.41. The fourth-order valence-electron chi connectivity index (χ4n) is 2.93. The molecule has 2 rings (SSSR count). The molecule has 0 saturated carbocycles. The third-order valence-corrected chi connectivity index (χ3v) is 5.12. The van der Waals surface area contributed by atoms with E-state index in [1.165, 1.54) is 13.3 Å². The van der Waals surface area contributed by atoms with Crippen molar-refractivity contribution in [2.45, 2.75) is 13.8 Å². The Balaban J connectivity index is 2.08. The molecule has 9 heteroatoms. The number of ether oxygens (including phenoxy) is 3. The van der Waals surface area contributed by atoms with Crippen LogP contribution < -0.4 is 25.0 Å². The van der Waals surface area contributed by atoms with Crippen molar-refractivity contribution < 1.29 is 23.8 Å². The molecule has 1 atom stereocenters. The fraction of sp³-hybridized carbons (Fsp3) is 0.292. The van der Waals surface area contributed by atoms with E-state index in [1.807, 2.05) is 0 Å². The molecule has 0 spiro atoms. The Kier molecular flexibility index (Phi) is 9.76. The molecule has 2 N–H and O–H groups in total. The number of methoxy groups -OCH3 is 2. The van der Waals surface area contributed by atoms with E-state index in [2.05, 4.69) is 37.7 Å². The zero-order chi connectivity index (χ0) is 24.4. The second kappa shape index (κ2) is 12.5. The first-order valence-corrected chi connectivity index (χ1v) is 10.8. The first-order chi connectivity index (χ1) is 15.8. The number of hydrazone groups is 1. The van der Waals surface area contributed by atoms with Crippen LogP contribution in [-0.4, -0.2) is 38.9 Å². The highest BCUT2D eigenvalue weighted by Crippen LogP contribution is 2.36. The van der Waals surface area contributed by atoms with Gasteiger partial charge in [-0.2, -0.15) is 5.10 Å². The van der Waals surface area contributed by atoms with Crippen molar-refractivity contribution in [2.75, 3.05) is 26.1 Å². The number of rotatable bonds is 10. The summed E-state index contributed by atoms with van der Waals surface area (Å²) in [6, 6.07) is 10.3. The quantitative estimate of drug-likeness (QED) is 0.217. The number of carbonyl (C=O) groups is 2. The average Bonchev–Trinajstić information content (AvgIpc) is 2.78. The van der Waals surface area contributed by atoms with E-state index in [4.69, 9.17) is 20.6 Å². The summed E-state index contributed by atoms with van der Waals surface area (Å²) in [5.41, 5.74) is 3.64. The first-order valence-electron chi connectivity index (χ1n) is 10.0. The molecule has 0 aromatic heterocycles. The standard InChI is InChI=1S/C24H26BrN3O5/c1-6-11-33-22-19(25)12-16(13-20(22)32-5)14-26-28-24(30)21(15(2)3)23(29)27-17-7-9-18(31-4)10-8-17/h1,7-10,12-15,21H,11H2,2-5H3,(H,27,29)(H,28,30).